The van der Waals surface area contributed by atoms with Crippen LogP contribution >= 0.6 is 23.2 Å². The summed E-state index contributed by atoms with van der Waals surface area (Å²) in [6.07, 6.45) is 0.530. The molecule has 0 N–H and O–H groups in total. The fourth-order valence-electron chi connectivity index (χ4n) is 5.56. The number of nitrogens with zero attached hydrogens (tertiary/aromatic N) is 6. The van der Waals surface area contributed by atoms with Crippen LogP contribution in [0.4, 0.5) is 0 Å². The second-order valence-electron chi connectivity index (χ2n) is 12.8. The third-order valence-electron chi connectivity index (χ3n) is 8.20. The number of hydrogen-bond donors (Lipinski definition) is 0. The Morgan fingerprint density at radius 3 is 2.51 bits per heavy atom. The van der Waals surface area contributed by atoms with Crippen LogP contribution in [0.5, 0.6) is 0 Å². The van der Waals surface area contributed by atoms with Gasteiger partial charge in [0.2, 0.25) is 0 Å². The van der Waals surface area contributed by atoms with Gasteiger partial charge in [0.25, 0.3) is 17.4 Å². The summed E-state index contributed by atoms with van der Waals surface area (Å²) in [6.45, 7) is 14.1. The molecule has 0 saturated carbocycles. The molecule has 2 amide bonds. The number of ether oxygens (including phenoxy) is 1. The number of fused-ring (bicyclic) bond motifs is 3. The summed E-state index contributed by atoms with van der Waals surface area (Å²) in [5.74, 6) is -0.363. The van der Waals surface area contributed by atoms with Crippen LogP contribution in [-0.2, 0) is 24.4 Å². The van der Waals surface area contributed by atoms with Gasteiger partial charge < -0.3 is 14.5 Å². The highest BCUT2D eigenvalue weighted by molar-refractivity contribution is 6.76. The van der Waals surface area contributed by atoms with Gasteiger partial charge in [-0.3, -0.25) is 19.1 Å². The lowest BCUT2D eigenvalue weighted by Gasteiger charge is -2.37. The van der Waals surface area contributed by atoms with Crippen LogP contribution in [-0.4, -0.2) is 68.4 Å². The molecule has 43 heavy (non-hydrogen) atoms. The maximum Gasteiger partial charge on any atom is 0.273 e. The molecule has 4 heterocycles. The molecular weight excluding hydrogens is 607 g/mol. The summed E-state index contributed by atoms with van der Waals surface area (Å²) in [7, 11) is -1.26. The van der Waals surface area contributed by atoms with Crippen molar-refractivity contribution in [2.75, 3.05) is 13.2 Å². The standard InChI is InChI=1S/C30H38Cl2N6O4Si/c1-18-13-26-22(16-35(18)29(40)21-7-8-23(31)24(32)14-21)28-30(41)36(15-19(2)38(28)34-26)20(3)25-9-10-27(39)37(33-25)17-42-11-12-43(4,5)6/h7-10,14,18-20H,11-13,15-17H2,1-6H3/t18-,19-,20?/m1/s1. The average molecular weight is 646 g/mol. The van der Waals surface area contributed by atoms with Gasteiger partial charge in [0.1, 0.15) is 12.4 Å². The Bertz CT molecular complexity index is 1620. The van der Waals surface area contributed by atoms with Gasteiger partial charge in [-0.2, -0.15) is 10.2 Å². The second-order valence-corrected chi connectivity index (χ2v) is 19.2. The van der Waals surface area contributed by atoms with Crippen LogP contribution in [0.15, 0.2) is 35.1 Å². The molecule has 0 saturated heterocycles. The fourth-order valence-corrected chi connectivity index (χ4v) is 6.61. The van der Waals surface area contributed by atoms with Crippen molar-refractivity contribution in [1.82, 2.24) is 29.4 Å². The predicted molar refractivity (Wildman–Crippen MR) is 168 cm³/mol. The molecule has 2 aromatic heterocycles. The van der Waals surface area contributed by atoms with Crippen LogP contribution in [0.2, 0.25) is 35.7 Å². The molecule has 2 aliphatic heterocycles. The van der Waals surface area contributed by atoms with Gasteiger partial charge in [-0.15, -0.1) is 0 Å². The number of hydrogen-bond acceptors (Lipinski definition) is 6. The normalized spacial score (nSPS) is 19.3. The van der Waals surface area contributed by atoms with E-state index in [2.05, 4.69) is 24.7 Å². The molecule has 13 heteroatoms. The van der Waals surface area contributed by atoms with Crippen molar-refractivity contribution in [3.05, 3.63) is 78.9 Å². The van der Waals surface area contributed by atoms with Gasteiger partial charge in [-0.1, -0.05) is 42.8 Å². The summed E-state index contributed by atoms with van der Waals surface area (Å²) in [4.78, 5) is 43.7. The number of benzene rings is 1. The molecule has 1 aromatic carbocycles. The van der Waals surface area contributed by atoms with Gasteiger partial charge in [0.15, 0.2) is 0 Å². The number of amides is 2. The van der Waals surface area contributed by atoms with Crippen LogP contribution in [0.25, 0.3) is 0 Å². The number of rotatable bonds is 8. The van der Waals surface area contributed by atoms with Crippen molar-refractivity contribution < 1.29 is 14.3 Å². The molecule has 1 unspecified atom stereocenters. The first-order valence-corrected chi connectivity index (χ1v) is 19.0. The van der Waals surface area contributed by atoms with E-state index in [9.17, 15) is 14.4 Å². The third-order valence-corrected chi connectivity index (χ3v) is 10.6. The molecule has 0 aliphatic carbocycles. The summed E-state index contributed by atoms with van der Waals surface area (Å²) in [5.41, 5.74) is 2.86. The minimum absolute atomic E-state index is 0.0649. The summed E-state index contributed by atoms with van der Waals surface area (Å²) >= 11 is 12.3. The SMILES string of the molecule is CC(c1ccc(=O)n(COCC[Si](C)(C)C)n1)N1C[C@@H](C)n2nc3c(c2C1=O)CN(C(=O)c1ccc(Cl)c(Cl)c1)[C@H](C)C3. The Morgan fingerprint density at radius 2 is 1.81 bits per heavy atom. The van der Waals surface area contributed by atoms with Crippen LogP contribution < -0.4 is 5.56 Å². The van der Waals surface area contributed by atoms with Crippen molar-refractivity contribution in [2.24, 2.45) is 0 Å². The average Bonchev–Trinajstić information content (AvgIpc) is 3.32. The molecule has 0 spiro atoms. The number of carbonyl (C=O) groups excluding carboxylic acids is 2. The van der Waals surface area contributed by atoms with Crippen molar-refractivity contribution in [2.45, 2.75) is 84.3 Å². The van der Waals surface area contributed by atoms with Crippen molar-refractivity contribution in [3.63, 3.8) is 0 Å². The summed E-state index contributed by atoms with van der Waals surface area (Å²) in [5, 5.41) is 10.1. The van der Waals surface area contributed by atoms with Gasteiger partial charge in [-0.25, -0.2) is 4.68 Å². The van der Waals surface area contributed by atoms with E-state index in [0.717, 1.165) is 17.3 Å². The van der Waals surface area contributed by atoms with Crippen molar-refractivity contribution >= 4 is 43.1 Å². The maximum atomic E-state index is 14.1. The lowest BCUT2D eigenvalue weighted by Crippen LogP contribution is -2.46. The third kappa shape index (κ3) is 6.45. The van der Waals surface area contributed by atoms with Gasteiger partial charge in [0.05, 0.1) is 40.1 Å². The van der Waals surface area contributed by atoms with E-state index in [-0.39, 0.29) is 42.7 Å². The molecular formula is C30H38Cl2N6O4Si. The lowest BCUT2D eigenvalue weighted by molar-refractivity contribution is 0.0557. The lowest BCUT2D eigenvalue weighted by atomic mass is 9.97. The predicted octanol–water partition coefficient (Wildman–Crippen LogP) is 5.42. The molecule has 0 bridgehead atoms. The Hall–Kier alpha value is -2.99. The Morgan fingerprint density at radius 1 is 1.07 bits per heavy atom. The smallest absolute Gasteiger partial charge is 0.273 e. The first-order chi connectivity index (χ1) is 20.2. The Kier molecular flexibility index (Phi) is 8.91. The molecule has 0 fully saturated rings. The molecule has 0 radical (unpaired) electrons. The number of halogens is 2. The number of aromatic nitrogens is 4. The van der Waals surface area contributed by atoms with Gasteiger partial charge in [0, 0.05) is 50.9 Å². The van der Waals surface area contributed by atoms with E-state index >= 15 is 0 Å². The molecule has 3 atom stereocenters. The van der Waals surface area contributed by atoms with Gasteiger partial charge >= 0.3 is 0 Å². The minimum atomic E-state index is -1.26. The quantitative estimate of drug-likeness (QED) is 0.240. The first-order valence-electron chi connectivity index (χ1n) is 14.6. The second kappa shape index (κ2) is 12.2. The summed E-state index contributed by atoms with van der Waals surface area (Å²) < 4.78 is 8.89. The molecule has 2 aliphatic rings. The Balaban J connectivity index is 1.38. The minimum Gasteiger partial charge on any atom is -0.359 e. The van der Waals surface area contributed by atoms with E-state index in [1.807, 2.05) is 20.8 Å². The topological polar surface area (TPSA) is 103 Å². The van der Waals surface area contributed by atoms with Gasteiger partial charge in [-0.05, 0) is 51.1 Å². The number of carbonyl (C=O) groups is 2. The molecule has 10 nitrogen and oxygen atoms in total. The highest BCUT2D eigenvalue weighted by Gasteiger charge is 2.41. The van der Waals surface area contributed by atoms with E-state index in [4.69, 9.17) is 33.0 Å². The van der Waals surface area contributed by atoms with Crippen LogP contribution in [0, 0.1) is 0 Å². The van der Waals surface area contributed by atoms with Crippen LogP contribution in [0.3, 0.4) is 0 Å². The monoisotopic (exact) mass is 644 g/mol. The van der Waals surface area contributed by atoms with E-state index in [0.29, 0.717) is 46.6 Å². The zero-order valence-corrected chi connectivity index (χ0v) is 27.9. The van der Waals surface area contributed by atoms with E-state index in [1.54, 1.807) is 38.7 Å². The molecule has 5 rings (SSSR count). The zero-order valence-electron chi connectivity index (χ0n) is 25.4. The van der Waals surface area contributed by atoms with E-state index in [1.165, 1.54) is 10.7 Å². The Labute approximate surface area is 262 Å². The maximum absolute atomic E-state index is 14.1. The fraction of sp³-hybridized carbons (Fsp3) is 0.500. The highest BCUT2D eigenvalue weighted by atomic mass is 35.5. The van der Waals surface area contributed by atoms with E-state index < -0.39 is 14.1 Å². The molecule has 3 aromatic rings. The zero-order chi connectivity index (χ0) is 31.2. The van der Waals surface area contributed by atoms with Crippen molar-refractivity contribution in [1.29, 1.82) is 0 Å². The highest BCUT2D eigenvalue weighted by Crippen LogP contribution is 2.35. The molecule has 230 valence electrons. The van der Waals surface area contributed by atoms with Crippen molar-refractivity contribution in [3.8, 4) is 0 Å². The summed E-state index contributed by atoms with van der Waals surface area (Å²) in [6, 6.07) is 8.36. The van der Waals surface area contributed by atoms with Crippen LogP contribution in [0.1, 0.15) is 70.7 Å². The largest absolute Gasteiger partial charge is 0.359 e. The first kappa shape index (κ1) is 31.4.